The van der Waals surface area contributed by atoms with Gasteiger partial charge in [0.15, 0.2) is 12.4 Å². The lowest BCUT2D eigenvalue weighted by atomic mass is 10.0. The molecule has 8 nitrogen and oxygen atoms in total. The van der Waals surface area contributed by atoms with Crippen molar-refractivity contribution < 1.29 is 40.8 Å². The maximum Gasteiger partial charge on any atom is 0.412 e. The largest absolute Gasteiger partial charge is 1.00 e. The molecule has 180 valence electrons. The van der Waals surface area contributed by atoms with E-state index in [1.807, 2.05) is 51.1 Å². The predicted molar refractivity (Wildman–Crippen MR) is 119 cm³/mol. The van der Waals surface area contributed by atoms with Gasteiger partial charge < -0.3 is 32.5 Å². The Bertz CT molecular complexity index is 891. The van der Waals surface area contributed by atoms with Gasteiger partial charge in [0, 0.05) is 18.2 Å². The Morgan fingerprint density at radius 3 is 2.18 bits per heavy atom. The number of hydrogen-bond donors (Lipinski definition) is 2. The summed E-state index contributed by atoms with van der Waals surface area (Å²) in [5.74, 6) is -0.628. The first-order chi connectivity index (χ1) is 15.3. The number of alkyl carbamates (subject to hydrolysis) is 1. The number of amides is 2. The van der Waals surface area contributed by atoms with Crippen LogP contribution >= 0.6 is 0 Å². The molecule has 0 radical (unpaired) electrons. The van der Waals surface area contributed by atoms with E-state index in [2.05, 4.69) is 10.6 Å². The molecule has 0 fully saturated rings. The van der Waals surface area contributed by atoms with Crippen molar-refractivity contribution in [3.63, 3.8) is 0 Å². The van der Waals surface area contributed by atoms with Crippen LogP contribution in [0.25, 0.3) is 0 Å². The lowest BCUT2D eigenvalue weighted by Gasteiger charge is -2.18. The number of hydrogen-bond acceptors (Lipinski definition) is 5. The number of rotatable bonds is 10. The zero-order valence-corrected chi connectivity index (χ0v) is 20.2. The number of aromatic nitrogens is 1. The van der Waals surface area contributed by atoms with Crippen LogP contribution in [0.2, 0.25) is 0 Å². The predicted octanol–water partition coefficient (Wildman–Crippen LogP) is -0.389. The molecular weight excluding hydrogens is 446 g/mol. The monoisotopic (exact) mass is 477 g/mol. The number of nitrogens with one attached hydrogen (secondary N) is 2. The Kier molecular flexibility index (Phi) is 11.9. The van der Waals surface area contributed by atoms with Gasteiger partial charge in [-0.25, -0.2) is 9.59 Å². The molecule has 0 spiro atoms. The summed E-state index contributed by atoms with van der Waals surface area (Å²) >= 11 is 0. The molecule has 33 heavy (non-hydrogen) atoms. The average Bonchev–Trinajstić information content (AvgIpc) is 2.77. The SMILES string of the molecule is COC(=O)[C@H](CC(C)C)NC(=O)c1cc[n+](COC(=O)N[C@@H](C)Cc2ccccc2)cc1.[Cl-]. The second kappa shape index (κ2) is 14.1. The van der Waals surface area contributed by atoms with E-state index in [1.165, 1.54) is 7.11 Å². The van der Waals surface area contributed by atoms with Crippen molar-refractivity contribution in [1.82, 2.24) is 10.6 Å². The van der Waals surface area contributed by atoms with Crippen LogP contribution in [-0.4, -0.2) is 37.2 Å². The van der Waals surface area contributed by atoms with Crippen LogP contribution in [0.5, 0.6) is 0 Å². The first-order valence-electron chi connectivity index (χ1n) is 10.6. The molecule has 2 atom stereocenters. The minimum atomic E-state index is -0.704. The van der Waals surface area contributed by atoms with Crippen molar-refractivity contribution in [2.24, 2.45) is 5.92 Å². The summed E-state index contributed by atoms with van der Waals surface area (Å²) in [6, 6.07) is 12.3. The van der Waals surface area contributed by atoms with Gasteiger partial charge in [-0.1, -0.05) is 44.2 Å². The summed E-state index contributed by atoms with van der Waals surface area (Å²) in [5.41, 5.74) is 1.52. The van der Waals surface area contributed by atoms with E-state index in [-0.39, 0.29) is 37.0 Å². The van der Waals surface area contributed by atoms with Crippen LogP contribution in [0.15, 0.2) is 54.9 Å². The van der Waals surface area contributed by atoms with Crippen LogP contribution in [0.4, 0.5) is 4.79 Å². The number of esters is 1. The Morgan fingerprint density at radius 2 is 1.61 bits per heavy atom. The summed E-state index contributed by atoms with van der Waals surface area (Å²) in [6.07, 6.45) is 3.93. The van der Waals surface area contributed by atoms with Crippen LogP contribution < -0.4 is 27.6 Å². The molecule has 0 aliphatic heterocycles. The Balaban J connectivity index is 0.00000544. The highest BCUT2D eigenvalue weighted by molar-refractivity contribution is 5.96. The molecule has 0 unspecified atom stereocenters. The van der Waals surface area contributed by atoms with Crippen LogP contribution in [0, 0.1) is 5.92 Å². The van der Waals surface area contributed by atoms with Crippen LogP contribution in [0.1, 0.15) is 43.1 Å². The number of nitrogens with zero attached hydrogens (tertiary/aromatic N) is 1. The topological polar surface area (TPSA) is 97.6 Å². The summed E-state index contributed by atoms with van der Waals surface area (Å²) in [4.78, 5) is 36.4. The quantitative estimate of drug-likeness (QED) is 0.359. The van der Waals surface area contributed by atoms with E-state index < -0.39 is 18.1 Å². The van der Waals surface area contributed by atoms with E-state index in [0.29, 0.717) is 18.4 Å². The van der Waals surface area contributed by atoms with Crippen LogP contribution in [0.3, 0.4) is 0 Å². The molecule has 1 aromatic heterocycles. The van der Waals surface area contributed by atoms with Gasteiger partial charge in [-0.3, -0.25) is 4.79 Å². The lowest BCUT2D eigenvalue weighted by molar-refractivity contribution is -0.727. The van der Waals surface area contributed by atoms with Gasteiger partial charge in [0.1, 0.15) is 6.04 Å². The third-order valence-electron chi connectivity index (χ3n) is 4.75. The third-order valence-corrected chi connectivity index (χ3v) is 4.75. The first kappa shape index (κ1) is 27.9. The number of halogens is 1. The summed E-state index contributed by atoms with van der Waals surface area (Å²) in [6.45, 7) is 5.85. The highest BCUT2D eigenvalue weighted by Gasteiger charge is 2.23. The molecule has 0 saturated carbocycles. The van der Waals surface area contributed by atoms with Gasteiger partial charge in [-0.2, -0.15) is 4.57 Å². The van der Waals surface area contributed by atoms with Crippen molar-refractivity contribution in [3.05, 3.63) is 66.0 Å². The van der Waals surface area contributed by atoms with Crippen LogP contribution in [-0.2, 0) is 27.4 Å². The summed E-state index contributed by atoms with van der Waals surface area (Å²) in [5, 5.41) is 5.51. The number of methoxy groups -OCH3 is 1. The normalized spacial score (nSPS) is 12.2. The van der Waals surface area contributed by atoms with E-state index >= 15 is 0 Å². The zero-order valence-electron chi connectivity index (χ0n) is 19.4. The van der Waals surface area contributed by atoms with E-state index in [4.69, 9.17) is 9.47 Å². The van der Waals surface area contributed by atoms with Gasteiger partial charge in [0.2, 0.25) is 0 Å². The summed E-state index contributed by atoms with van der Waals surface area (Å²) < 4.78 is 11.6. The fourth-order valence-electron chi connectivity index (χ4n) is 3.16. The minimum Gasteiger partial charge on any atom is -1.00 e. The van der Waals surface area contributed by atoms with Gasteiger partial charge >= 0.3 is 12.1 Å². The zero-order chi connectivity index (χ0) is 23.5. The molecule has 9 heteroatoms. The molecule has 1 heterocycles. The fourth-order valence-corrected chi connectivity index (χ4v) is 3.16. The van der Waals surface area contributed by atoms with Gasteiger partial charge in [-0.15, -0.1) is 0 Å². The maximum absolute atomic E-state index is 12.5. The molecule has 2 N–H and O–H groups in total. The Morgan fingerprint density at radius 1 is 0.970 bits per heavy atom. The standard InChI is InChI=1S/C24H31N3O5.ClH/c1-17(2)14-21(23(29)31-4)26-22(28)20-10-12-27(13-11-20)16-32-24(30)25-18(3)15-19-8-6-5-7-9-19;/h5-13,17-18,21H,14-16H2,1-4H3,(H-,25,26,28,30);1H/t18-,21-;/m0./s1. The van der Waals surface area contributed by atoms with Gasteiger partial charge in [-0.05, 0) is 31.2 Å². The van der Waals surface area contributed by atoms with Gasteiger partial charge in [0.25, 0.3) is 12.6 Å². The molecule has 0 bridgehead atoms. The Labute approximate surface area is 201 Å². The first-order valence-corrected chi connectivity index (χ1v) is 10.6. The number of carbonyl (C=O) groups is 3. The lowest BCUT2D eigenvalue weighted by Crippen LogP contribution is -3.00. The number of benzene rings is 1. The molecular formula is C24H32ClN3O5. The van der Waals surface area contributed by atoms with Crippen molar-refractivity contribution in [2.45, 2.75) is 52.4 Å². The summed E-state index contributed by atoms with van der Waals surface area (Å²) in [7, 11) is 1.30. The number of carbonyl (C=O) groups excluding carboxylic acids is 3. The third kappa shape index (κ3) is 9.91. The second-order valence-corrected chi connectivity index (χ2v) is 8.08. The Hall–Kier alpha value is -3.13. The average molecular weight is 478 g/mol. The minimum absolute atomic E-state index is 0. The fraction of sp³-hybridized carbons (Fsp3) is 0.417. The number of ether oxygens (including phenoxy) is 2. The molecule has 0 aliphatic carbocycles. The van der Waals surface area contributed by atoms with E-state index in [1.54, 1.807) is 29.1 Å². The van der Waals surface area contributed by atoms with Crippen molar-refractivity contribution in [2.75, 3.05) is 7.11 Å². The van der Waals surface area contributed by atoms with E-state index in [0.717, 1.165) is 5.56 Å². The molecule has 0 aliphatic rings. The molecule has 2 amide bonds. The number of pyridine rings is 1. The molecule has 2 rings (SSSR count). The van der Waals surface area contributed by atoms with Crippen molar-refractivity contribution >= 4 is 18.0 Å². The van der Waals surface area contributed by atoms with E-state index in [9.17, 15) is 14.4 Å². The molecule has 1 aromatic carbocycles. The molecule has 0 saturated heterocycles. The van der Waals surface area contributed by atoms with Crippen molar-refractivity contribution in [3.8, 4) is 0 Å². The van der Waals surface area contributed by atoms with Crippen molar-refractivity contribution in [1.29, 1.82) is 0 Å². The highest BCUT2D eigenvalue weighted by Crippen LogP contribution is 2.08. The highest BCUT2D eigenvalue weighted by atomic mass is 35.5. The second-order valence-electron chi connectivity index (χ2n) is 8.08. The maximum atomic E-state index is 12.5. The smallest absolute Gasteiger partial charge is 0.412 e. The molecule has 2 aromatic rings. The van der Waals surface area contributed by atoms with Gasteiger partial charge in [0.05, 0.1) is 12.7 Å².